The minimum absolute atomic E-state index is 0.136. The molecule has 0 radical (unpaired) electrons. The average Bonchev–Trinajstić information content (AvgIpc) is 1.87. The van der Waals surface area contributed by atoms with Crippen LogP contribution in [-0.4, -0.2) is 30.5 Å². The molecule has 0 heterocycles. The molecule has 3 N–H and O–H groups in total. The van der Waals surface area contributed by atoms with Crippen molar-refractivity contribution in [1.82, 2.24) is 0 Å². The Balaban J connectivity index is 3.38. The molecule has 0 aliphatic carbocycles. The molecule has 68 valence electrons. The standard InChI is InChI=1S/C7H17NO3/c1-7(2,6-8-10)11-5-3-4-9/h9H,3-6,8H2,1-2H3. The van der Waals surface area contributed by atoms with Crippen molar-refractivity contribution in [2.45, 2.75) is 25.9 Å². The van der Waals surface area contributed by atoms with Crippen molar-refractivity contribution in [3.63, 3.8) is 0 Å². The molecule has 0 aliphatic heterocycles. The third-order valence-electron chi connectivity index (χ3n) is 1.37. The lowest BCUT2D eigenvalue weighted by Gasteiger charge is -2.23. The molecule has 0 spiro atoms. The molecule has 4 heteroatoms. The normalized spacial score (nSPS) is 12.0. The zero-order valence-corrected chi connectivity index (χ0v) is 7.17. The number of aliphatic hydroxyl groups is 1. The van der Waals surface area contributed by atoms with Gasteiger partial charge in [0.05, 0.1) is 0 Å². The minimum Gasteiger partial charge on any atom is -0.636 e. The lowest BCUT2D eigenvalue weighted by Crippen LogP contribution is -2.81. The predicted octanol–water partition coefficient (Wildman–Crippen LogP) is -0.775. The van der Waals surface area contributed by atoms with E-state index in [2.05, 4.69) is 0 Å². The van der Waals surface area contributed by atoms with E-state index in [4.69, 9.17) is 9.84 Å². The van der Waals surface area contributed by atoms with Gasteiger partial charge in [-0.25, -0.2) is 0 Å². The molecule has 11 heavy (non-hydrogen) atoms. The van der Waals surface area contributed by atoms with Crippen LogP contribution in [0.15, 0.2) is 0 Å². The van der Waals surface area contributed by atoms with Crippen molar-refractivity contribution in [3.8, 4) is 0 Å². The summed E-state index contributed by atoms with van der Waals surface area (Å²) in [7, 11) is 0. The van der Waals surface area contributed by atoms with Crippen LogP contribution in [0.4, 0.5) is 0 Å². The molecule has 0 fully saturated rings. The van der Waals surface area contributed by atoms with E-state index in [-0.39, 0.29) is 12.2 Å². The van der Waals surface area contributed by atoms with Crippen molar-refractivity contribution in [2.75, 3.05) is 19.8 Å². The Bertz CT molecular complexity index is 95.7. The maximum absolute atomic E-state index is 10.1. The molecular formula is C7H17NO3. The first-order valence-electron chi connectivity index (χ1n) is 3.81. The monoisotopic (exact) mass is 163 g/mol. The zero-order valence-electron chi connectivity index (χ0n) is 7.17. The third kappa shape index (κ3) is 6.25. The summed E-state index contributed by atoms with van der Waals surface area (Å²) in [6.07, 6.45) is 0.627. The number of hydrogen-bond acceptors (Lipinski definition) is 3. The Morgan fingerprint density at radius 3 is 2.64 bits per heavy atom. The van der Waals surface area contributed by atoms with Gasteiger partial charge >= 0.3 is 0 Å². The minimum atomic E-state index is -0.378. The van der Waals surface area contributed by atoms with Crippen LogP contribution >= 0.6 is 0 Å². The maximum atomic E-state index is 10.1. The molecule has 4 nitrogen and oxygen atoms in total. The number of rotatable bonds is 6. The fraction of sp³-hybridized carbons (Fsp3) is 1.00. The number of quaternary nitrogens is 1. The molecule has 0 unspecified atom stereocenters. The van der Waals surface area contributed by atoms with Crippen LogP contribution in [0.2, 0.25) is 0 Å². The number of hydroxylamine groups is 1. The van der Waals surface area contributed by atoms with Gasteiger partial charge in [0.15, 0.2) is 0 Å². The van der Waals surface area contributed by atoms with Gasteiger partial charge in [0.2, 0.25) is 0 Å². The summed E-state index contributed by atoms with van der Waals surface area (Å²) < 4.78 is 5.32. The van der Waals surface area contributed by atoms with Gasteiger partial charge in [-0.2, -0.15) is 0 Å². The number of ether oxygens (including phenoxy) is 1. The van der Waals surface area contributed by atoms with E-state index in [1.54, 1.807) is 0 Å². The summed E-state index contributed by atoms with van der Waals surface area (Å²) in [5, 5.41) is 18.6. The molecule has 0 atom stereocenters. The number of aliphatic hydroxyl groups excluding tert-OH is 1. The number of hydrogen-bond donors (Lipinski definition) is 2. The van der Waals surface area contributed by atoms with E-state index in [1.807, 2.05) is 13.8 Å². The van der Waals surface area contributed by atoms with E-state index >= 15 is 0 Å². The molecule has 0 aromatic carbocycles. The summed E-state index contributed by atoms with van der Waals surface area (Å²) in [6, 6.07) is 0. The van der Waals surface area contributed by atoms with Crippen molar-refractivity contribution in [2.24, 2.45) is 0 Å². The quantitative estimate of drug-likeness (QED) is 0.399. The summed E-state index contributed by atoms with van der Waals surface area (Å²) in [6.45, 7) is 4.77. The lowest BCUT2D eigenvalue weighted by molar-refractivity contribution is -0.603. The highest BCUT2D eigenvalue weighted by Crippen LogP contribution is 2.05. The molecule has 0 bridgehead atoms. The van der Waals surface area contributed by atoms with Gasteiger partial charge < -0.3 is 20.5 Å². The second-order valence-electron chi connectivity index (χ2n) is 3.06. The van der Waals surface area contributed by atoms with Gasteiger partial charge in [0.1, 0.15) is 12.1 Å². The molecule has 0 saturated heterocycles. The molecule has 0 aromatic rings. The summed E-state index contributed by atoms with van der Waals surface area (Å²) in [5.41, 5.74) is 0.468. The van der Waals surface area contributed by atoms with E-state index in [0.717, 1.165) is 5.48 Å². The van der Waals surface area contributed by atoms with Crippen LogP contribution in [0.3, 0.4) is 0 Å². The van der Waals surface area contributed by atoms with Crippen LogP contribution in [-0.2, 0) is 4.74 Å². The molecular weight excluding hydrogens is 146 g/mol. The Hall–Kier alpha value is -0.160. The summed E-state index contributed by atoms with van der Waals surface area (Å²) >= 11 is 0. The van der Waals surface area contributed by atoms with Gasteiger partial charge in [-0.1, -0.05) is 0 Å². The van der Waals surface area contributed by atoms with Gasteiger partial charge in [-0.15, -0.1) is 0 Å². The van der Waals surface area contributed by atoms with Crippen LogP contribution in [0.5, 0.6) is 0 Å². The molecule has 0 saturated carbocycles. The van der Waals surface area contributed by atoms with E-state index in [0.29, 0.717) is 19.6 Å². The SMILES string of the molecule is CC(C)(C[NH2+][O-])OCCCO. The zero-order chi connectivity index (χ0) is 8.74. The van der Waals surface area contributed by atoms with Crippen molar-refractivity contribution in [3.05, 3.63) is 5.21 Å². The van der Waals surface area contributed by atoms with Gasteiger partial charge in [-0.05, 0) is 20.3 Å². The van der Waals surface area contributed by atoms with Crippen molar-refractivity contribution in [1.29, 1.82) is 0 Å². The molecule has 0 rings (SSSR count). The highest BCUT2D eigenvalue weighted by atomic mass is 16.5. The van der Waals surface area contributed by atoms with Crippen LogP contribution in [0.25, 0.3) is 0 Å². The average molecular weight is 163 g/mol. The third-order valence-corrected chi connectivity index (χ3v) is 1.37. The lowest BCUT2D eigenvalue weighted by atomic mass is 10.1. The summed E-state index contributed by atoms with van der Waals surface area (Å²) in [5.74, 6) is 0. The van der Waals surface area contributed by atoms with E-state index in [9.17, 15) is 5.21 Å². The van der Waals surface area contributed by atoms with Gasteiger partial charge in [0, 0.05) is 13.2 Å². The highest BCUT2D eigenvalue weighted by molar-refractivity contribution is 4.65. The van der Waals surface area contributed by atoms with E-state index in [1.165, 1.54) is 0 Å². The highest BCUT2D eigenvalue weighted by Gasteiger charge is 2.18. The van der Waals surface area contributed by atoms with Crippen LogP contribution in [0, 0.1) is 5.21 Å². The Labute approximate surface area is 67.1 Å². The first kappa shape index (κ1) is 10.8. The maximum Gasteiger partial charge on any atom is 0.111 e. The smallest absolute Gasteiger partial charge is 0.111 e. The number of nitrogens with two attached hydrogens (primary N) is 1. The molecule has 0 aliphatic rings. The fourth-order valence-electron chi connectivity index (χ4n) is 0.673. The first-order chi connectivity index (χ1) is 5.12. The van der Waals surface area contributed by atoms with Gasteiger partial charge in [-0.3, -0.25) is 0 Å². The predicted molar refractivity (Wildman–Crippen MR) is 41.9 cm³/mol. The summed E-state index contributed by atoms with van der Waals surface area (Å²) in [4.78, 5) is 0. The topological polar surface area (TPSA) is 69.1 Å². The Morgan fingerprint density at radius 1 is 1.55 bits per heavy atom. The fourth-order valence-corrected chi connectivity index (χ4v) is 0.673. The molecule has 0 aromatic heterocycles. The Morgan fingerprint density at radius 2 is 2.18 bits per heavy atom. The van der Waals surface area contributed by atoms with Crippen molar-refractivity contribution < 1.29 is 15.3 Å². The van der Waals surface area contributed by atoms with Crippen LogP contribution in [0.1, 0.15) is 20.3 Å². The second-order valence-corrected chi connectivity index (χ2v) is 3.06. The largest absolute Gasteiger partial charge is 0.636 e. The second kappa shape index (κ2) is 5.49. The first-order valence-corrected chi connectivity index (χ1v) is 3.81. The van der Waals surface area contributed by atoms with Gasteiger partial charge in [0.25, 0.3) is 0 Å². The van der Waals surface area contributed by atoms with Crippen LogP contribution < -0.4 is 5.48 Å². The van der Waals surface area contributed by atoms with E-state index < -0.39 is 0 Å². The van der Waals surface area contributed by atoms with Crippen molar-refractivity contribution >= 4 is 0 Å². The molecule has 0 amide bonds. The Kier molecular flexibility index (Phi) is 5.41.